The van der Waals surface area contributed by atoms with Crippen molar-refractivity contribution in [1.82, 2.24) is 0 Å². The summed E-state index contributed by atoms with van der Waals surface area (Å²) in [6.07, 6.45) is 2.82. The van der Waals surface area contributed by atoms with Gasteiger partial charge in [-0.3, -0.25) is 0 Å². The molecule has 15 heavy (non-hydrogen) atoms. The third-order valence-electron chi connectivity index (χ3n) is 2.06. The average molecular weight is 214 g/mol. The molecule has 4 heteroatoms. The lowest BCUT2D eigenvalue weighted by atomic mass is 10.2. The van der Waals surface area contributed by atoms with Crippen molar-refractivity contribution in [3.8, 4) is 0 Å². The predicted octanol–water partition coefficient (Wildman–Crippen LogP) is 1.65. The summed E-state index contributed by atoms with van der Waals surface area (Å²) < 4.78 is 15.9. The van der Waals surface area contributed by atoms with Crippen LogP contribution in [-0.4, -0.2) is 30.6 Å². The van der Waals surface area contributed by atoms with E-state index >= 15 is 0 Å². The Morgan fingerprint density at radius 2 is 2.13 bits per heavy atom. The normalized spacial score (nSPS) is 29.6. The molecule has 0 aliphatic carbocycles. The molecule has 0 N–H and O–H groups in total. The van der Waals surface area contributed by atoms with Crippen LogP contribution in [0.15, 0.2) is 12.2 Å². The first kappa shape index (κ1) is 12.2. The van der Waals surface area contributed by atoms with Crippen LogP contribution in [0.25, 0.3) is 0 Å². The Bertz CT molecular complexity index is 257. The highest BCUT2D eigenvalue weighted by atomic mass is 16.7. The van der Waals surface area contributed by atoms with Crippen molar-refractivity contribution in [2.45, 2.75) is 45.7 Å². The van der Waals surface area contributed by atoms with Gasteiger partial charge in [-0.15, -0.1) is 0 Å². The smallest absolute Gasteiger partial charge is 0.330 e. The second-order valence-electron chi connectivity index (χ2n) is 3.92. The van der Waals surface area contributed by atoms with E-state index in [1.165, 1.54) is 6.08 Å². The largest absolute Gasteiger partial charge is 0.463 e. The van der Waals surface area contributed by atoms with E-state index in [2.05, 4.69) is 0 Å². The van der Waals surface area contributed by atoms with Crippen molar-refractivity contribution in [3.63, 3.8) is 0 Å². The SMILES string of the molecule is CCOC(=O)/C=C/[C@H]1OC(C)(C)O[C@@H]1C. The number of hydrogen-bond donors (Lipinski definition) is 0. The maximum atomic E-state index is 11.1. The lowest BCUT2D eigenvalue weighted by molar-refractivity contribution is -0.142. The molecule has 0 amide bonds. The monoisotopic (exact) mass is 214 g/mol. The number of rotatable bonds is 3. The van der Waals surface area contributed by atoms with Gasteiger partial charge in [0, 0.05) is 6.08 Å². The van der Waals surface area contributed by atoms with Gasteiger partial charge in [-0.2, -0.15) is 0 Å². The van der Waals surface area contributed by atoms with E-state index in [0.29, 0.717) is 6.61 Å². The fourth-order valence-corrected chi connectivity index (χ4v) is 1.53. The van der Waals surface area contributed by atoms with Gasteiger partial charge in [0.05, 0.1) is 12.7 Å². The summed E-state index contributed by atoms with van der Waals surface area (Å²) in [6.45, 7) is 7.76. The van der Waals surface area contributed by atoms with Gasteiger partial charge in [-0.25, -0.2) is 4.79 Å². The van der Waals surface area contributed by atoms with Gasteiger partial charge in [-0.05, 0) is 33.8 Å². The Labute approximate surface area is 90.2 Å². The van der Waals surface area contributed by atoms with E-state index in [0.717, 1.165) is 0 Å². The number of carbonyl (C=O) groups is 1. The van der Waals surface area contributed by atoms with Crippen LogP contribution in [0.3, 0.4) is 0 Å². The summed E-state index contributed by atoms with van der Waals surface area (Å²) >= 11 is 0. The van der Waals surface area contributed by atoms with Crippen LogP contribution in [0.4, 0.5) is 0 Å². The summed E-state index contributed by atoms with van der Waals surface area (Å²) in [5.74, 6) is -0.929. The van der Waals surface area contributed by atoms with Crippen LogP contribution in [0.1, 0.15) is 27.7 Å². The fraction of sp³-hybridized carbons (Fsp3) is 0.727. The lowest BCUT2D eigenvalue weighted by Gasteiger charge is -2.15. The molecule has 1 fully saturated rings. The first-order valence-electron chi connectivity index (χ1n) is 5.15. The van der Waals surface area contributed by atoms with Crippen LogP contribution in [0, 0.1) is 0 Å². The Morgan fingerprint density at radius 3 is 2.60 bits per heavy atom. The first-order valence-corrected chi connectivity index (χ1v) is 5.15. The standard InChI is InChI=1S/C11H18O4/c1-5-13-10(12)7-6-9-8(2)14-11(3,4)15-9/h6-9H,5H2,1-4H3/b7-6+/t8-,9-/m1/s1. The molecule has 86 valence electrons. The zero-order chi connectivity index (χ0) is 11.5. The molecule has 1 aliphatic heterocycles. The number of esters is 1. The molecule has 1 aliphatic rings. The van der Waals surface area contributed by atoms with Crippen LogP contribution < -0.4 is 0 Å². The molecule has 0 aromatic carbocycles. The van der Waals surface area contributed by atoms with Crippen LogP contribution in [-0.2, 0) is 19.0 Å². The van der Waals surface area contributed by atoms with Gasteiger partial charge < -0.3 is 14.2 Å². The van der Waals surface area contributed by atoms with E-state index in [4.69, 9.17) is 14.2 Å². The lowest BCUT2D eigenvalue weighted by Crippen LogP contribution is -2.20. The molecule has 1 saturated heterocycles. The van der Waals surface area contributed by atoms with E-state index in [-0.39, 0.29) is 18.2 Å². The van der Waals surface area contributed by atoms with Gasteiger partial charge in [0.15, 0.2) is 5.79 Å². The Balaban J connectivity index is 2.49. The molecule has 0 aromatic heterocycles. The van der Waals surface area contributed by atoms with E-state index in [1.54, 1.807) is 13.0 Å². The molecule has 0 radical (unpaired) electrons. The average Bonchev–Trinajstić information content (AvgIpc) is 2.36. The maximum Gasteiger partial charge on any atom is 0.330 e. The minimum Gasteiger partial charge on any atom is -0.463 e. The summed E-state index contributed by atoms with van der Waals surface area (Å²) in [6, 6.07) is 0. The predicted molar refractivity (Wildman–Crippen MR) is 55.3 cm³/mol. The highest BCUT2D eigenvalue weighted by molar-refractivity contribution is 5.81. The summed E-state index contributed by atoms with van der Waals surface area (Å²) in [4.78, 5) is 11.1. The van der Waals surface area contributed by atoms with Crippen LogP contribution in [0.5, 0.6) is 0 Å². The highest BCUT2D eigenvalue weighted by Gasteiger charge is 2.37. The molecular weight excluding hydrogens is 196 g/mol. The minimum atomic E-state index is -0.580. The topological polar surface area (TPSA) is 44.8 Å². The van der Waals surface area contributed by atoms with Gasteiger partial charge in [0.2, 0.25) is 0 Å². The Hall–Kier alpha value is -0.870. The molecule has 0 aromatic rings. The zero-order valence-electron chi connectivity index (χ0n) is 9.65. The molecule has 1 rings (SSSR count). The van der Waals surface area contributed by atoms with Crippen molar-refractivity contribution in [3.05, 3.63) is 12.2 Å². The molecular formula is C11H18O4. The minimum absolute atomic E-state index is 0.0503. The van der Waals surface area contributed by atoms with Crippen LogP contribution >= 0.6 is 0 Å². The van der Waals surface area contributed by atoms with Crippen LogP contribution in [0.2, 0.25) is 0 Å². The van der Waals surface area contributed by atoms with Gasteiger partial charge in [-0.1, -0.05) is 0 Å². The van der Waals surface area contributed by atoms with Crippen molar-refractivity contribution in [1.29, 1.82) is 0 Å². The third kappa shape index (κ3) is 3.64. The van der Waals surface area contributed by atoms with E-state index < -0.39 is 5.79 Å². The molecule has 0 spiro atoms. The molecule has 0 unspecified atom stereocenters. The third-order valence-corrected chi connectivity index (χ3v) is 2.06. The molecule has 0 bridgehead atoms. The second kappa shape index (κ2) is 4.77. The molecule has 2 atom stereocenters. The summed E-state index contributed by atoms with van der Waals surface area (Å²) in [5.41, 5.74) is 0. The first-order chi connectivity index (χ1) is 6.94. The van der Waals surface area contributed by atoms with Gasteiger partial charge >= 0.3 is 5.97 Å². The Kier molecular flexibility index (Phi) is 3.88. The van der Waals surface area contributed by atoms with Gasteiger partial charge in [0.1, 0.15) is 6.10 Å². The van der Waals surface area contributed by atoms with Crippen molar-refractivity contribution < 1.29 is 19.0 Å². The molecule has 4 nitrogen and oxygen atoms in total. The second-order valence-corrected chi connectivity index (χ2v) is 3.92. The quantitative estimate of drug-likeness (QED) is 0.529. The molecule has 0 saturated carbocycles. The van der Waals surface area contributed by atoms with E-state index in [1.807, 2.05) is 20.8 Å². The highest BCUT2D eigenvalue weighted by Crippen LogP contribution is 2.28. The van der Waals surface area contributed by atoms with Gasteiger partial charge in [0.25, 0.3) is 0 Å². The van der Waals surface area contributed by atoms with Crippen molar-refractivity contribution in [2.75, 3.05) is 6.61 Å². The van der Waals surface area contributed by atoms with E-state index in [9.17, 15) is 4.79 Å². The van der Waals surface area contributed by atoms with Crippen molar-refractivity contribution in [2.24, 2.45) is 0 Å². The maximum absolute atomic E-state index is 11.1. The summed E-state index contributed by atoms with van der Waals surface area (Å²) in [7, 11) is 0. The zero-order valence-corrected chi connectivity index (χ0v) is 9.65. The van der Waals surface area contributed by atoms with Crippen molar-refractivity contribution >= 4 is 5.97 Å². The fourth-order valence-electron chi connectivity index (χ4n) is 1.53. The number of ether oxygens (including phenoxy) is 3. The Morgan fingerprint density at radius 1 is 1.47 bits per heavy atom. The number of hydrogen-bond acceptors (Lipinski definition) is 4. The molecule has 1 heterocycles. The summed E-state index contributed by atoms with van der Waals surface area (Å²) in [5, 5.41) is 0. The number of carbonyl (C=O) groups excluding carboxylic acids is 1.